The Balaban J connectivity index is 0.959. The van der Waals surface area contributed by atoms with Gasteiger partial charge in [-0.05, 0) is 99.3 Å². The number of nitrogens with zero attached hydrogens (tertiary/aromatic N) is 3. The molecule has 1 spiro atoms. The van der Waals surface area contributed by atoms with Gasteiger partial charge in [0.15, 0.2) is 5.60 Å². The van der Waals surface area contributed by atoms with Crippen molar-refractivity contribution in [2.45, 2.75) is 69.5 Å². The number of ether oxygens (including phenoxy) is 3. The molecule has 0 bridgehead atoms. The smallest absolute Gasteiger partial charge is 0.349 e. The summed E-state index contributed by atoms with van der Waals surface area (Å²) in [5, 5.41) is 79.3. The first-order chi connectivity index (χ1) is 38.1. The quantitative estimate of drug-likeness (QED) is 0.0210. The van der Waals surface area contributed by atoms with Crippen LogP contribution in [0.15, 0.2) is 100 Å². The van der Waals surface area contributed by atoms with E-state index in [4.69, 9.17) is 18.6 Å². The van der Waals surface area contributed by atoms with Crippen molar-refractivity contribution in [1.29, 1.82) is 0 Å². The summed E-state index contributed by atoms with van der Waals surface area (Å²) in [6.07, 6.45) is 0.791. The van der Waals surface area contributed by atoms with E-state index >= 15 is 0 Å². The highest BCUT2D eigenvalue weighted by atomic mass is 16.6. The molecule has 1 saturated carbocycles. The number of carboxylic acids is 4. The largest absolute Gasteiger partial charge is 0.507 e. The number of hydrogen-bond acceptors (Lipinski definition) is 18. The highest BCUT2D eigenvalue weighted by Gasteiger charge is 2.55. The number of nitro groups is 1. The topological polar surface area (TPSA) is 372 Å². The predicted molar refractivity (Wildman–Crippen MR) is 275 cm³/mol. The summed E-state index contributed by atoms with van der Waals surface area (Å²) in [5.74, 6) is -9.21. The number of para-hydroxylation sites is 1. The number of amides is 2. The molecular formula is C55H49N5O20. The normalized spacial score (nSPS) is 16.2. The maximum absolute atomic E-state index is 14.2. The monoisotopic (exact) mass is 1100 g/mol. The lowest BCUT2D eigenvalue weighted by atomic mass is 9.75. The molecule has 8 N–H and O–H groups in total. The van der Waals surface area contributed by atoms with Gasteiger partial charge in [0.05, 0.1) is 53.4 Å². The number of nitro benzene ring substituents is 1. The Morgan fingerprint density at radius 2 is 1.24 bits per heavy atom. The van der Waals surface area contributed by atoms with Crippen LogP contribution in [0.5, 0.6) is 28.7 Å². The van der Waals surface area contributed by atoms with E-state index in [0.29, 0.717) is 36.6 Å². The number of carboxylic acid groups (broad SMARTS) is 4. The fourth-order valence-electron chi connectivity index (χ4n) is 10.4. The molecule has 0 radical (unpaired) electrons. The third-order valence-corrected chi connectivity index (χ3v) is 14.0. The number of carbonyl (C=O) groups excluding carboxylic acids is 3. The second-order valence-corrected chi connectivity index (χ2v) is 19.4. The van der Waals surface area contributed by atoms with E-state index in [1.54, 1.807) is 37.3 Å². The third kappa shape index (κ3) is 11.1. The van der Waals surface area contributed by atoms with E-state index in [1.165, 1.54) is 60.7 Å². The molecule has 25 nitrogen and oxygen atoms in total. The average molecular weight is 1100 g/mol. The van der Waals surface area contributed by atoms with Crippen molar-refractivity contribution >= 4 is 58.3 Å². The lowest BCUT2D eigenvalue weighted by Gasteiger charge is -2.39. The molecule has 5 aromatic carbocycles. The Morgan fingerprint density at radius 1 is 0.700 bits per heavy atom. The van der Waals surface area contributed by atoms with Crippen LogP contribution < -0.4 is 25.7 Å². The van der Waals surface area contributed by atoms with Crippen LogP contribution in [-0.2, 0) is 42.6 Å². The first-order valence-electron chi connectivity index (χ1n) is 24.8. The van der Waals surface area contributed by atoms with Crippen LogP contribution in [0, 0.1) is 10.1 Å². The van der Waals surface area contributed by atoms with E-state index in [-0.39, 0.29) is 73.0 Å². The molecule has 1 fully saturated rings. The van der Waals surface area contributed by atoms with Crippen molar-refractivity contribution in [3.63, 3.8) is 0 Å². The molecule has 2 amide bonds. The number of aliphatic carboxylic acids is 4. The van der Waals surface area contributed by atoms with Gasteiger partial charge in [-0.25, -0.2) is 9.59 Å². The number of aromatic hydroxyl groups is 2. The summed E-state index contributed by atoms with van der Waals surface area (Å²) in [5.41, 5.74) is -3.27. The number of fused-ring (bicyclic) bond motifs is 7. The van der Waals surface area contributed by atoms with Gasteiger partial charge in [0, 0.05) is 64.9 Å². The Morgan fingerprint density at radius 3 is 1.77 bits per heavy atom. The van der Waals surface area contributed by atoms with Gasteiger partial charge >= 0.3 is 35.5 Å². The summed E-state index contributed by atoms with van der Waals surface area (Å²) in [6, 6.07) is 20.5. The van der Waals surface area contributed by atoms with E-state index in [9.17, 15) is 79.1 Å². The Labute approximate surface area is 451 Å². The Bertz CT molecular complexity index is 3500. The summed E-state index contributed by atoms with van der Waals surface area (Å²) in [6.45, 7) is -2.83. The zero-order valence-corrected chi connectivity index (χ0v) is 42.2. The van der Waals surface area contributed by atoms with Crippen molar-refractivity contribution in [1.82, 2.24) is 20.4 Å². The number of rotatable bonds is 20. The molecule has 3 heterocycles. The fourth-order valence-corrected chi connectivity index (χ4v) is 10.4. The summed E-state index contributed by atoms with van der Waals surface area (Å²) in [7, 11) is 0. The fraction of sp³-hybridized carbons (Fsp3) is 0.273. The number of carbonyl (C=O) groups is 7. The maximum atomic E-state index is 14.2. The van der Waals surface area contributed by atoms with Crippen molar-refractivity contribution in [3.8, 4) is 28.7 Å². The number of phenols is 2. The van der Waals surface area contributed by atoms with Gasteiger partial charge in [0.2, 0.25) is 0 Å². The minimum Gasteiger partial charge on any atom is -0.507 e. The zero-order chi connectivity index (χ0) is 57.3. The average Bonchev–Trinajstić information content (AvgIpc) is 3.94. The molecule has 1 unspecified atom stereocenters. The van der Waals surface area contributed by atoms with Gasteiger partial charge in [0.25, 0.3) is 17.5 Å². The summed E-state index contributed by atoms with van der Waals surface area (Å²) >= 11 is 0. The minimum atomic E-state index is -2.10. The summed E-state index contributed by atoms with van der Waals surface area (Å²) < 4.78 is 24.2. The first kappa shape index (κ1) is 54.9. The summed E-state index contributed by atoms with van der Waals surface area (Å²) in [4.78, 5) is 115. The van der Waals surface area contributed by atoms with Gasteiger partial charge in [-0.3, -0.25) is 48.7 Å². The third-order valence-electron chi connectivity index (χ3n) is 14.0. The minimum absolute atomic E-state index is 0.00372. The highest BCUT2D eigenvalue weighted by molar-refractivity contribution is 6.01. The number of phenolic OH excluding ortho intramolecular Hbond substituents is 2. The van der Waals surface area contributed by atoms with Gasteiger partial charge in [-0.2, -0.15) is 0 Å². The van der Waals surface area contributed by atoms with Gasteiger partial charge < -0.3 is 59.9 Å². The SMILES string of the molecule is CC(Oc1ccc2cc(C(=O)NC3CCC(NC(=O)c4ccc5c(c4)C4(OC5=O)c5ccc(O)c(CN(CC(=O)O)CC(=O)O)c5Oc5c4ccc(O)c5CN(CC(=O)O)CC(=O)O)CC3)c(=O)oc2c1)c1ccccc1[N+](=O)[O-]. The van der Waals surface area contributed by atoms with Crippen LogP contribution in [0.2, 0.25) is 0 Å². The van der Waals surface area contributed by atoms with E-state index in [1.807, 2.05) is 0 Å². The molecule has 2 aliphatic heterocycles. The van der Waals surface area contributed by atoms with Crippen LogP contribution >= 0.6 is 0 Å². The van der Waals surface area contributed by atoms with Gasteiger partial charge in [-0.15, -0.1) is 0 Å². The van der Waals surface area contributed by atoms with Crippen LogP contribution in [0.4, 0.5) is 5.69 Å². The van der Waals surface area contributed by atoms with Crippen molar-refractivity contribution in [2.24, 2.45) is 0 Å². The zero-order valence-electron chi connectivity index (χ0n) is 42.2. The lowest BCUT2D eigenvalue weighted by Crippen LogP contribution is -2.44. The molecule has 80 heavy (non-hydrogen) atoms. The Kier molecular flexibility index (Phi) is 15.3. The lowest BCUT2D eigenvalue weighted by molar-refractivity contribution is -0.386. The molecule has 0 saturated heterocycles. The molecule has 414 valence electrons. The van der Waals surface area contributed by atoms with Crippen molar-refractivity contribution in [3.05, 3.63) is 162 Å². The molecular weight excluding hydrogens is 1050 g/mol. The highest BCUT2D eigenvalue weighted by Crippen LogP contribution is 2.59. The standard InChI is InChI=1S/C55H49N5O20/c1-27(33-4-2-3-5-41(33)60(75)76)77-32-12-6-28-18-35(53(73)78-44(28)20-32)52(72)57-31-10-8-30(9-11-31)56-51(71)29-7-13-34-40(19-29)55(80-54(34)74)38-14-16-42(61)36(21-58(23-45(63)64)24-46(65)66)49(38)79-50-37(43(62)17-15-39(50)55)22-59(25-47(67)68)26-48(69)70/h2-7,12-20,27,30-31,61-62H,8-11,21-26H2,1H3,(H,56,71)(H,57,72)(H,63,64)(H,65,66)(H,67,68)(H,69,70). The van der Waals surface area contributed by atoms with Crippen LogP contribution in [0.1, 0.15) is 103 Å². The molecule has 1 atom stereocenters. The van der Waals surface area contributed by atoms with E-state index < -0.39 is 127 Å². The van der Waals surface area contributed by atoms with Crippen molar-refractivity contribution in [2.75, 3.05) is 26.2 Å². The molecule has 9 rings (SSSR count). The molecule has 6 aromatic rings. The van der Waals surface area contributed by atoms with E-state index in [0.717, 1.165) is 9.80 Å². The maximum Gasteiger partial charge on any atom is 0.349 e. The van der Waals surface area contributed by atoms with Crippen LogP contribution in [-0.4, -0.2) is 125 Å². The number of benzene rings is 5. The van der Waals surface area contributed by atoms with E-state index in [2.05, 4.69) is 10.6 Å². The van der Waals surface area contributed by atoms with Crippen LogP contribution in [0.25, 0.3) is 11.0 Å². The second-order valence-electron chi connectivity index (χ2n) is 19.4. The van der Waals surface area contributed by atoms with Crippen LogP contribution in [0.3, 0.4) is 0 Å². The van der Waals surface area contributed by atoms with Gasteiger partial charge in [0.1, 0.15) is 46.0 Å². The molecule has 1 aromatic heterocycles. The Hall–Kier alpha value is -9.88. The number of esters is 1. The van der Waals surface area contributed by atoms with Gasteiger partial charge in [-0.1, -0.05) is 12.1 Å². The molecule has 1 aliphatic carbocycles. The predicted octanol–water partition coefficient (Wildman–Crippen LogP) is 5.23. The molecule has 3 aliphatic rings. The first-order valence-corrected chi connectivity index (χ1v) is 24.8. The second kappa shape index (κ2) is 22.2. The number of hydrogen-bond donors (Lipinski definition) is 8. The molecule has 25 heteroatoms. The van der Waals surface area contributed by atoms with Crippen molar-refractivity contribution < 1.29 is 87.8 Å². The number of nitrogens with one attached hydrogen (secondary N) is 2.